The van der Waals surface area contributed by atoms with Gasteiger partial charge in [-0.15, -0.1) is 0 Å². The average Bonchev–Trinajstić information content (AvgIpc) is 2.51. The lowest BCUT2D eigenvalue weighted by atomic mass is 9.97. The number of nitrogens with zero attached hydrogens (tertiary/aromatic N) is 1. The summed E-state index contributed by atoms with van der Waals surface area (Å²) in [6.45, 7) is 6.49. The maximum atomic E-state index is 11.9. The summed E-state index contributed by atoms with van der Waals surface area (Å²) in [6, 6.07) is 10.4. The number of nitrogens with one attached hydrogen (secondary N) is 1. The van der Waals surface area contributed by atoms with Gasteiger partial charge in [0.15, 0.2) is 0 Å². The molecule has 21 heavy (non-hydrogen) atoms. The monoisotopic (exact) mass is 292 g/mol. The highest BCUT2D eigenvalue weighted by atomic mass is 16.5. The van der Waals surface area contributed by atoms with Crippen molar-refractivity contribution in [2.75, 3.05) is 33.8 Å². The zero-order valence-electron chi connectivity index (χ0n) is 13.7. The van der Waals surface area contributed by atoms with Crippen LogP contribution in [0.1, 0.15) is 25.8 Å². The maximum Gasteiger partial charge on any atom is 0.325 e. The van der Waals surface area contributed by atoms with Gasteiger partial charge in [-0.2, -0.15) is 0 Å². The number of carbonyl (C=O) groups is 1. The first-order valence-corrected chi connectivity index (χ1v) is 7.57. The van der Waals surface area contributed by atoms with Crippen LogP contribution in [-0.2, 0) is 16.0 Å². The third-order valence-corrected chi connectivity index (χ3v) is 3.82. The predicted molar refractivity (Wildman–Crippen MR) is 86.4 cm³/mol. The average molecular weight is 292 g/mol. The Morgan fingerprint density at radius 2 is 1.95 bits per heavy atom. The molecule has 1 aromatic carbocycles. The second kappa shape index (κ2) is 8.80. The number of ether oxygens (including phenoxy) is 1. The van der Waals surface area contributed by atoms with Crippen molar-refractivity contribution in [3.05, 3.63) is 35.9 Å². The largest absolute Gasteiger partial charge is 0.468 e. The van der Waals surface area contributed by atoms with E-state index in [1.807, 2.05) is 19.9 Å². The van der Waals surface area contributed by atoms with Crippen LogP contribution in [0.15, 0.2) is 30.3 Å². The summed E-state index contributed by atoms with van der Waals surface area (Å²) in [5.74, 6) is -0.194. The third kappa shape index (κ3) is 5.86. The van der Waals surface area contributed by atoms with Crippen LogP contribution in [0.5, 0.6) is 0 Å². The van der Waals surface area contributed by atoms with Crippen molar-refractivity contribution in [1.29, 1.82) is 0 Å². The predicted octanol–water partition coefficient (Wildman–Crippen LogP) is 2.09. The summed E-state index contributed by atoms with van der Waals surface area (Å²) in [6.07, 6.45) is 1.76. The Kier molecular flexibility index (Phi) is 7.40. The molecule has 0 aliphatic rings. The topological polar surface area (TPSA) is 41.6 Å². The summed E-state index contributed by atoms with van der Waals surface area (Å²) in [5, 5.41) is 3.24. The number of methoxy groups -OCH3 is 1. The first-order valence-electron chi connectivity index (χ1n) is 7.57. The summed E-state index contributed by atoms with van der Waals surface area (Å²) in [4.78, 5) is 14.2. The zero-order chi connectivity index (χ0) is 15.7. The molecule has 0 aliphatic heterocycles. The molecule has 0 fully saturated rings. The van der Waals surface area contributed by atoms with Crippen LogP contribution in [0, 0.1) is 0 Å². The van der Waals surface area contributed by atoms with Crippen LogP contribution in [0.4, 0.5) is 0 Å². The molecule has 1 aromatic rings. The Bertz CT molecular complexity index is 422. The fourth-order valence-corrected chi connectivity index (χ4v) is 2.37. The van der Waals surface area contributed by atoms with E-state index in [-0.39, 0.29) is 5.97 Å². The lowest BCUT2D eigenvalue weighted by Crippen LogP contribution is -2.51. The normalized spacial score (nSPS) is 14.0. The van der Waals surface area contributed by atoms with Crippen LogP contribution in [-0.4, -0.2) is 50.2 Å². The van der Waals surface area contributed by atoms with Gasteiger partial charge >= 0.3 is 5.97 Å². The van der Waals surface area contributed by atoms with E-state index in [1.54, 1.807) is 0 Å². The molecule has 1 rings (SSSR count). The van der Waals surface area contributed by atoms with Crippen molar-refractivity contribution < 1.29 is 9.53 Å². The third-order valence-electron chi connectivity index (χ3n) is 3.82. The van der Waals surface area contributed by atoms with Gasteiger partial charge in [-0.1, -0.05) is 37.3 Å². The fourth-order valence-electron chi connectivity index (χ4n) is 2.37. The number of rotatable bonds is 9. The van der Waals surface area contributed by atoms with E-state index >= 15 is 0 Å². The van der Waals surface area contributed by atoms with Gasteiger partial charge in [-0.25, -0.2) is 0 Å². The van der Waals surface area contributed by atoms with E-state index in [9.17, 15) is 4.79 Å². The Labute approximate surface area is 128 Å². The molecule has 1 N–H and O–H groups in total. The van der Waals surface area contributed by atoms with Gasteiger partial charge in [0.2, 0.25) is 0 Å². The number of likely N-dealkylation sites (N-methyl/N-ethyl adjacent to an activating group) is 2. The highest BCUT2D eigenvalue weighted by Crippen LogP contribution is 2.13. The summed E-state index contributed by atoms with van der Waals surface area (Å²) in [7, 11) is 3.53. The molecule has 0 saturated heterocycles. The minimum Gasteiger partial charge on any atom is -0.468 e. The summed E-state index contributed by atoms with van der Waals surface area (Å²) < 4.78 is 4.91. The van der Waals surface area contributed by atoms with E-state index in [1.165, 1.54) is 12.7 Å². The Morgan fingerprint density at radius 3 is 2.52 bits per heavy atom. The molecule has 4 heteroatoms. The number of esters is 1. The SMILES string of the molecule is CCNC(C)(CCN(C)CCc1ccccc1)C(=O)OC. The van der Waals surface area contributed by atoms with E-state index in [4.69, 9.17) is 4.74 Å². The van der Waals surface area contributed by atoms with Gasteiger partial charge in [0.25, 0.3) is 0 Å². The van der Waals surface area contributed by atoms with Crippen molar-refractivity contribution in [3.8, 4) is 0 Å². The Balaban J connectivity index is 2.42. The molecule has 118 valence electrons. The van der Waals surface area contributed by atoms with Gasteiger partial charge in [0, 0.05) is 13.1 Å². The highest BCUT2D eigenvalue weighted by molar-refractivity contribution is 5.80. The molecular formula is C17H28N2O2. The van der Waals surface area contributed by atoms with E-state index in [0.29, 0.717) is 0 Å². The molecule has 0 heterocycles. The Morgan fingerprint density at radius 1 is 1.29 bits per heavy atom. The molecule has 0 amide bonds. The van der Waals surface area contributed by atoms with Crippen LogP contribution < -0.4 is 5.32 Å². The molecule has 0 aromatic heterocycles. The molecule has 0 aliphatic carbocycles. The lowest BCUT2D eigenvalue weighted by Gasteiger charge is -2.29. The van der Waals surface area contributed by atoms with Crippen molar-refractivity contribution >= 4 is 5.97 Å². The van der Waals surface area contributed by atoms with Crippen molar-refractivity contribution in [2.24, 2.45) is 0 Å². The van der Waals surface area contributed by atoms with Gasteiger partial charge in [-0.05, 0) is 38.9 Å². The van der Waals surface area contributed by atoms with Gasteiger partial charge in [0.1, 0.15) is 5.54 Å². The maximum absolute atomic E-state index is 11.9. The highest BCUT2D eigenvalue weighted by Gasteiger charge is 2.33. The number of benzene rings is 1. The van der Waals surface area contributed by atoms with Crippen molar-refractivity contribution in [2.45, 2.75) is 32.2 Å². The lowest BCUT2D eigenvalue weighted by molar-refractivity contribution is -0.148. The zero-order valence-corrected chi connectivity index (χ0v) is 13.7. The molecule has 0 bridgehead atoms. The number of carbonyl (C=O) groups excluding carboxylic acids is 1. The second-order valence-electron chi connectivity index (χ2n) is 5.64. The first kappa shape index (κ1) is 17.7. The first-order chi connectivity index (χ1) is 10.0. The van der Waals surface area contributed by atoms with Crippen LogP contribution in [0.2, 0.25) is 0 Å². The smallest absolute Gasteiger partial charge is 0.325 e. The van der Waals surface area contributed by atoms with E-state index in [0.717, 1.165) is 32.5 Å². The molecule has 0 saturated carbocycles. The van der Waals surface area contributed by atoms with Gasteiger partial charge in [-0.3, -0.25) is 4.79 Å². The van der Waals surface area contributed by atoms with Crippen LogP contribution in [0.25, 0.3) is 0 Å². The second-order valence-corrected chi connectivity index (χ2v) is 5.64. The number of hydrogen-bond acceptors (Lipinski definition) is 4. The Hall–Kier alpha value is -1.39. The van der Waals surface area contributed by atoms with Gasteiger partial charge in [0.05, 0.1) is 7.11 Å². The molecule has 0 spiro atoms. The minimum atomic E-state index is -0.607. The van der Waals surface area contributed by atoms with Crippen LogP contribution >= 0.6 is 0 Å². The van der Waals surface area contributed by atoms with E-state index < -0.39 is 5.54 Å². The van der Waals surface area contributed by atoms with Crippen LogP contribution in [0.3, 0.4) is 0 Å². The van der Waals surface area contributed by atoms with Crippen molar-refractivity contribution in [1.82, 2.24) is 10.2 Å². The van der Waals surface area contributed by atoms with Crippen molar-refractivity contribution in [3.63, 3.8) is 0 Å². The molecule has 0 radical (unpaired) electrons. The van der Waals surface area contributed by atoms with E-state index in [2.05, 4.69) is 41.5 Å². The molecule has 1 unspecified atom stereocenters. The standard InChI is InChI=1S/C17H28N2O2/c1-5-18-17(2,16(20)21-4)12-14-19(3)13-11-15-9-7-6-8-10-15/h6-10,18H,5,11-14H2,1-4H3. The molecule has 4 nitrogen and oxygen atoms in total. The number of hydrogen-bond donors (Lipinski definition) is 1. The summed E-state index contributed by atoms with van der Waals surface area (Å²) >= 11 is 0. The fraction of sp³-hybridized carbons (Fsp3) is 0.588. The van der Waals surface area contributed by atoms with Gasteiger partial charge < -0.3 is 15.0 Å². The quantitative estimate of drug-likeness (QED) is 0.708. The molecular weight excluding hydrogens is 264 g/mol. The minimum absolute atomic E-state index is 0.194. The molecule has 1 atom stereocenters. The summed E-state index contributed by atoms with van der Waals surface area (Å²) in [5.41, 5.74) is 0.733.